The molecule has 0 saturated heterocycles. The maximum atomic E-state index is 13.3. The molecule has 3 rings (SSSR count). The van der Waals surface area contributed by atoms with E-state index in [1.165, 1.54) is 6.92 Å². The Morgan fingerprint density at radius 2 is 1.59 bits per heavy atom. The number of benzene rings is 2. The smallest absolute Gasteiger partial charge is 0.505 e. The second-order valence-corrected chi connectivity index (χ2v) is 9.77. The SMILES string of the molecule is CCCCCOc1ccc([C@H]2CC(/C=C\c3cccc(OCCCCC)c3)=CC(OB(F)F)=C2C(C)=O)cc1. The third-order valence-corrected chi connectivity index (χ3v) is 6.63. The van der Waals surface area contributed by atoms with Gasteiger partial charge in [-0.05, 0) is 73.2 Å². The lowest BCUT2D eigenvalue weighted by Crippen LogP contribution is -2.19. The number of ether oxygens (including phenoxy) is 2. The number of allylic oxidation sites excluding steroid dienone is 4. The molecule has 0 bridgehead atoms. The average molecular weight is 536 g/mol. The van der Waals surface area contributed by atoms with Crippen molar-refractivity contribution in [3.05, 3.63) is 88.7 Å². The topological polar surface area (TPSA) is 44.8 Å². The molecule has 2 aromatic rings. The highest BCUT2D eigenvalue weighted by atomic mass is 19.2. The Kier molecular flexibility index (Phi) is 12.3. The maximum absolute atomic E-state index is 13.3. The Bertz CT molecular complexity index is 1160. The molecule has 0 spiro atoms. The van der Waals surface area contributed by atoms with Crippen LogP contribution >= 0.6 is 0 Å². The molecule has 1 aliphatic carbocycles. The molecule has 4 nitrogen and oxygen atoms in total. The van der Waals surface area contributed by atoms with E-state index in [1.54, 1.807) is 6.08 Å². The quantitative estimate of drug-likeness (QED) is 0.159. The summed E-state index contributed by atoms with van der Waals surface area (Å²) in [4.78, 5) is 12.6. The minimum absolute atomic E-state index is 0.0821. The lowest BCUT2D eigenvalue weighted by atomic mass is 9.79. The van der Waals surface area contributed by atoms with Crippen LogP contribution < -0.4 is 9.47 Å². The summed E-state index contributed by atoms with van der Waals surface area (Å²) >= 11 is 0. The third-order valence-electron chi connectivity index (χ3n) is 6.63. The van der Waals surface area contributed by atoms with Gasteiger partial charge in [-0.3, -0.25) is 4.79 Å². The van der Waals surface area contributed by atoms with Gasteiger partial charge >= 0.3 is 7.47 Å². The van der Waals surface area contributed by atoms with Gasteiger partial charge in [-0.15, -0.1) is 0 Å². The number of Topliss-reactive ketones (excluding diaryl/α,β-unsaturated/α-hetero) is 1. The summed E-state index contributed by atoms with van der Waals surface area (Å²) in [6, 6.07) is 15.3. The van der Waals surface area contributed by atoms with E-state index in [0.717, 1.165) is 66.7 Å². The zero-order chi connectivity index (χ0) is 28.0. The van der Waals surface area contributed by atoms with Crippen molar-refractivity contribution < 1.29 is 27.6 Å². The Hall–Kier alpha value is -3.35. The van der Waals surface area contributed by atoms with Crippen LogP contribution in [0.25, 0.3) is 6.08 Å². The summed E-state index contributed by atoms with van der Waals surface area (Å²) in [7, 11) is -3.03. The zero-order valence-corrected chi connectivity index (χ0v) is 23.3. The van der Waals surface area contributed by atoms with Crippen molar-refractivity contribution in [2.75, 3.05) is 13.2 Å². The highest BCUT2D eigenvalue weighted by Crippen LogP contribution is 2.39. The molecule has 1 aliphatic rings. The number of carbonyl (C=O) groups is 1. The second kappa shape index (κ2) is 15.9. The number of rotatable bonds is 16. The number of halogens is 2. The molecule has 0 aromatic heterocycles. The fourth-order valence-corrected chi connectivity index (χ4v) is 4.62. The molecule has 1 atom stereocenters. The summed E-state index contributed by atoms with van der Waals surface area (Å²) in [5, 5.41) is 0. The Morgan fingerprint density at radius 1 is 0.923 bits per heavy atom. The Labute approximate surface area is 232 Å². The van der Waals surface area contributed by atoms with Crippen LogP contribution in [-0.4, -0.2) is 26.5 Å². The van der Waals surface area contributed by atoms with Gasteiger partial charge in [0.25, 0.3) is 0 Å². The van der Waals surface area contributed by atoms with Gasteiger partial charge in [0, 0.05) is 11.5 Å². The molecule has 0 heterocycles. The van der Waals surface area contributed by atoms with E-state index in [1.807, 2.05) is 60.7 Å². The lowest BCUT2D eigenvalue weighted by Gasteiger charge is -2.27. The van der Waals surface area contributed by atoms with Crippen LogP contribution in [0.4, 0.5) is 8.63 Å². The monoisotopic (exact) mass is 536 g/mol. The molecule has 0 amide bonds. The van der Waals surface area contributed by atoms with E-state index in [-0.39, 0.29) is 17.1 Å². The second-order valence-electron chi connectivity index (χ2n) is 9.77. The molecule has 39 heavy (non-hydrogen) atoms. The highest BCUT2D eigenvalue weighted by molar-refractivity contribution is 6.35. The number of carbonyl (C=O) groups excluding carboxylic acids is 1. The van der Waals surface area contributed by atoms with Crippen LogP contribution in [0.5, 0.6) is 11.5 Å². The summed E-state index contributed by atoms with van der Waals surface area (Å²) in [5.41, 5.74) is 2.82. The van der Waals surface area contributed by atoms with Crippen molar-refractivity contribution in [2.24, 2.45) is 0 Å². The summed E-state index contributed by atoms with van der Waals surface area (Å²) in [6.45, 7) is 7.00. The summed E-state index contributed by atoms with van der Waals surface area (Å²) in [6.07, 6.45) is 12.3. The van der Waals surface area contributed by atoms with Crippen molar-refractivity contribution in [1.82, 2.24) is 0 Å². The Morgan fingerprint density at radius 3 is 2.21 bits per heavy atom. The molecule has 208 valence electrons. The number of hydrogen-bond donors (Lipinski definition) is 0. The zero-order valence-electron chi connectivity index (χ0n) is 23.3. The number of ketones is 1. The first-order valence-corrected chi connectivity index (χ1v) is 14.0. The van der Waals surface area contributed by atoms with E-state index >= 15 is 0 Å². The molecule has 0 radical (unpaired) electrons. The standard InChI is InChI=1S/C32H39BF2O4/c1-4-6-8-19-37-28-17-15-27(16-18-28)30-22-26(23-31(39-33(34)35)32(30)24(3)36)14-13-25-11-10-12-29(21-25)38-20-9-7-5-2/h10-18,21,23,30H,4-9,19-20,22H2,1-3H3/b14-13-/t30-/m1/s1. The van der Waals surface area contributed by atoms with Gasteiger partial charge < -0.3 is 14.1 Å². The molecule has 2 aromatic carbocycles. The highest BCUT2D eigenvalue weighted by Gasteiger charge is 2.31. The molecule has 0 unspecified atom stereocenters. The van der Waals surface area contributed by atoms with Crippen molar-refractivity contribution >= 4 is 19.3 Å². The first kappa shape index (κ1) is 30.2. The number of unbranched alkanes of at least 4 members (excludes halogenated alkanes) is 4. The fourth-order valence-electron chi connectivity index (χ4n) is 4.62. The van der Waals surface area contributed by atoms with Crippen LogP contribution in [0.1, 0.15) is 82.8 Å². The maximum Gasteiger partial charge on any atom is 0.796 e. The summed E-state index contributed by atoms with van der Waals surface area (Å²) < 4.78 is 43.2. The van der Waals surface area contributed by atoms with Crippen LogP contribution in [0.15, 0.2) is 77.6 Å². The van der Waals surface area contributed by atoms with E-state index in [9.17, 15) is 13.4 Å². The van der Waals surface area contributed by atoms with Crippen molar-refractivity contribution in [1.29, 1.82) is 0 Å². The molecular formula is C32H39BF2O4. The normalized spacial score (nSPS) is 15.3. The van der Waals surface area contributed by atoms with Gasteiger partial charge in [-0.25, -0.2) is 8.63 Å². The summed E-state index contributed by atoms with van der Waals surface area (Å²) in [5.74, 6) is 0.754. The van der Waals surface area contributed by atoms with E-state index in [4.69, 9.17) is 14.1 Å². The van der Waals surface area contributed by atoms with Crippen molar-refractivity contribution in [3.8, 4) is 11.5 Å². The molecule has 7 heteroatoms. The van der Waals surface area contributed by atoms with E-state index < -0.39 is 13.4 Å². The van der Waals surface area contributed by atoms with Gasteiger partial charge in [0.15, 0.2) is 5.78 Å². The van der Waals surface area contributed by atoms with E-state index in [2.05, 4.69) is 13.8 Å². The van der Waals surface area contributed by atoms with Crippen LogP contribution in [-0.2, 0) is 9.45 Å². The van der Waals surface area contributed by atoms with Gasteiger partial charge in [0.05, 0.1) is 13.2 Å². The molecule has 0 aliphatic heterocycles. The van der Waals surface area contributed by atoms with Crippen LogP contribution in [0.3, 0.4) is 0 Å². The fraction of sp³-hybridized carbons (Fsp3) is 0.406. The van der Waals surface area contributed by atoms with Gasteiger partial charge in [-0.2, -0.15) is 0 Å². The molecule has 0 N–H and O–H groups in total. The van der Waals surface area contributed by atoms with Gasteiger partial charge in [0.2, 0.25) is 0 Å². The average Bonchev–Trinajstić information content (AvgIpc) is 2.92. The predicted molar refractivity (Wildman–Crippen MR) is 154 cm³/mol. The Balaban J connectivity index is 1.82. The minimum atomic E-state index is -3.03. The molecular weight excluding hydrogens is 497 g/mol. The largest absolute Gasteiger partial charge is 0.796 e. The molecule has 0 saturated carbocycles. The number of hydrogen-bond acceptors (Lipinski definition) is 4. The van der Waals surface area contributed by atoms with Gasteiger partial charge in [0.1, 0.15) is 17.3 Å². The minimum Gasteiger partial charge on any atom is -0.505 e. The lowest BCUT2D eigenvalue weighted by molar-refractivity contribution is -0.114. The first-order valence-electron chi connectivity index (χ1n) is 14.0. The molecule has 0 fully saturated rings. The van der Waals surface area contributed by atoms with Crippen LogP contribution in [0, 0.1) is 0 Å². The van der Waals surface area contributed by atoms with E-state index in [0.29, 0.717) is 19.6 Å². The van der Waals surface area contributed by atoms with Gasteiger partial charge in [-0.1, -0.05) is 75.9 Å². The first-order chi connectivity index (χ1) is 18.9. The van der Waals surface area contributed by atoms with Crippen molar-refractivity contribution in [3.63, 3.8) is 0 Å². The predicted octanol–water partition coefficient (Wildman–Crippen LogP) is 8.74. The third kappa shape index (κ3) is 9.72. The van der Waals surface area contributed by atoms with Crippen molar-refractivity contribution in [2.45, 2.75) is 71.6 Å². The van der Waals surface area contributed by atoms with Crippen LogP contribution in [0.2, 0.25) is 0 Å².